The van der Waals surface area contributed by atoms with Gasteiger partial charge in [0.25, 0.3) is 0 Å². The summed E-state index contributed by atoms with van der Waals surface area (Å²) in [5.74, 6) is 0. The molecule has 0 radical (unpaired) electrons. The van der Waals surface area contributed by atoms with E-state index in [4.69, 9.17) is 10.2 Å². The molecule has 18 heavy (non-hydrogen) atoms. The SMILES string of the molecule is CN(CC1(CN)CCC1)c1ccc2ncoc2c1. The second-order valence-corrected chi connectivity index (χ2v) is 5.42. The quantitative estimate of drug-likeness (QED) is 0.898. The fourth-order valence-electron chi connectivity index (χ4n) is 2.78. The maximum absolute atomic E-state index is 5.91. The third kappa shape index (κ3) is 1.86. The summed E-state index contributed by atoms with van der Waals surface area (Å²) in [5.41, 5.74) is 9.15. The molecule has 0 atom stereocenters. The maximum atomic E-state index is 5.91. The van der Waals surface area contributed by atoms with Gasteiger partial charge >= 0.3 is 0 Å². The number of benzene rings is 1. The summed E-state index contributed by atoms with van der Waals surface area (Å²) in [5, 5.41) is 0. The molecule has 1 aliphatic rings. The smallest absolute Gasteiger partial charge is 0.181 e. The molecule has 1 aromatic heterocycles. The second kappa shape index (κ2) is 4.28. The van der Waals surface area contributed by atoms with Crippen molar-refractivity contribution in [1.29, 1.82) is 0 Å². The first-order chi connectivity index (χ1) is 8.72. The van der Waals surface area contributed by atoms with E-state index in [1.165, 1.54) is 31.3 Å². The van der Waals surface area contributed by atoms with Crippen LogP contribution in [0.1, 0.15) is 19.3 Å². The van der Waals surface area contributed by atoms with Crippen molar-refractivity contribution in [3.8, 4) is 0 Å². The van der Waals surface area contributed by atoms with Crippen LogP contribution in [0.4, 0.5) is 5.69 Å². The number of aromatic nitrogens is 1. The van der Waals surface area contributed by atoms with Crippen LogP contribution in [-0.4, -0.2) is 25.1 Å². The Morgan fingerprint density at radius 1 is 1.44 bits per heavy atom. The lowest BCUT2D eigenvalue weighted by Gasteiger charge is -2.44. The van der Waals surface area contributed by atoms with Crippen molar-refractivity contribution >= 4 is 16.8 Å². The van der Waals surface area contributed by atoms with E-state index in [1.807, 2.05) is 12.1 Å². The van der Waals surface area contributed by atoms with Crippen molar-refractivity contribution in [3.05, 3.63) is 24.6 Å². The van der Waals surface area contributed by atoms with Crippen LogP contribution < -0.4 is 10.6 Å². The van der Waals surface area contributed by atoms with Crippen molar-refractivity contribution in [3.63, 3.8) is 0 Å². The van der Waals surface area contributed by atoms with E-state index in [9.17, 15) is 0 Å². The molecule has 0 spiro atoms. The monoisotopic (exact) mass is 245 g/mol. The fourth-order valence-corrected chi connectivity index (χ4v) is 2.78. The highest BCUT2D eigenvalue weighted by Crippen LogP contribution is 2.41. The summed E-state index contributed by atoms with van der Waals surface area (Å²) in [7, 11) is 2.12. The molecule has 0 unspecified atom stereocenters. The fraction of sp³-hybridized carbons (Fsp3) is 0.500. The normalized spacial score (nSPS) is 17.7. The van der Waals surface area contributed by atoms with Gasteiger partial charge in [0.2, 0.25) is 0 Å². The Kier molecular flexibility index (Phi) is 2.74. The first-order valence-electron chi connectivity index (χ1n) is 6.47. The molecule has 4 heteroatoms. The summed E-state index contributed by atoms with van der Waals surface area (Å²) in [4.78, 5) is 6.40. The number of oxazole rings is 1. The van der Waals surface area contributed by atoms with Gasteiger partial charge in [-0.25, -0.2) is 4.98 Å². The minimum Gasteiger partial charge on any atom is -0.443 e. The average Bonchev–Trinajstić information content (AvgIpc) is 2.80. The summed E-state index contributed by atoms with van der Waals surface area (Å²) < 4.78 is 5.34. The molecule has 1 aliphatic carbocycles. The zero-order valence-electron chi connectivity index (χ0n) is 10.7. The van der Waals surface area contributed by atoms with Gasteiger partial charge in [0.15, 0.2) is 12.0 Å². The van der Waals surface area contributed by atoms with Crippen LogP contribution in [0.25, 0.3) is 11.1 Å². The highest BCUT2D eigenvalue weighted by Gasteiger charge is 2.36. The largest absolute Gasteiger partial charge is 0.443 e. The predicted molar refractivity (Wildman–Crippen MR) is 72.6 cm³/mol. The van der Waals surface area contributed by atoms with Crippen molar-refractivity contribution < 1.29 is 4.42 Å². The molecule has 0 aliphatic heterocycles. The van der Waals surface area contributed by atoms with E-state index < -0.39 is 0 Å². The third-order valence-electron chi connectivity index (χ3n) is 4.18. The molecule has 2 aromatic rings. The summed E-state index contributed by atoms with van der Waals surface area (Å²) in [6.07, 6.45) is 5.30. The molecule has 2 N–H and O–H groups in total. The Morgan fingerprint density at radius 3 is 2.94 bits per heavy atom. The Hall–Kier alpha value is -1.55. The highest BCUT2D eigenvalue weighted by molar-refractivity contribution is 5.77. The molecule has 0 saturated heterocycles. The number of fused-ring (bicyclic) bond motifs is 1. The van der Waals surface area contributed by atoms with Gasteiger partial charge in [-0.3, -0.25) is 0 Å². The van der Waals surface area contributed by atoms with Crippen molar-refractivity contribution in [1.82, 2.24) is 4.98 Å². The van der Waals surface area contributed by atoms with E-state index >= 15 is 0 Å². The van der Waals surface area contributed by atoms with Gasteiger partial charge in [-0.15, -0.1) is 0 Å². The molecule has 4 nitrogen and oxygen atoms in total. The molecule has 96 valence electrons. The third-order valence-corrected chi connectivity index (χ3v) is 4.18. The molecular formula is C14H19N3O. The van der Waals surface area contributed by atoms with E-state index in [1.54, 1.807) is 0 Å². The number of nitrogens with two attached hydrogens (primary N) is 1. The number of nitrogens with zero attached hydrogens (tertiary/aromatic N) is 2. The lowest BCUT2D eigenvalue weighted by molar-refractivity contribution is 0.154. The van der Waals surface area contributed by atoms with E-state index in [0.717, 1.165) is 24.2 Å². The van der Waals surface area contributed by atoms with E-state index in [-0.39, 0.29) is 0 Å². The number of hydrogen-bond acceptors (Lipinski definition) is 4. The number of anilines is 1. The summed E-state index contributed by atoms with van der Waals surface area (Å²) in [6.45, 7) is 1.80. The van der Waals surface area contributed by atoms with Gasteiger partial charge in [-0.2, -0.15) is 0 Å². The molecule has 1 heterocycles. The number of rotatable bonds is 4. The Labute approximate surface area is 107 Å². The topological polar surface area (TPSA) is 55.3 Å². The van der Waals surface area contributed by atoms with Gasteiger partial charge in [-0.05, 0) is 31.5 Å². The highest BCUT2D eigenvalue weighted by atomic mass is 16.3. The number of hydrogen-bond donors (Lipinski definition) is 1. The first-order valence-corrected chi connectivity index (χ1v) is 6.47. The van der Waals surface area contributed by atoms with Gasteiger partial charge in [-0.1, -0.05) is 6.42 Å². The van der Waals surface area contributed by atoms with Gasteiger partial charge in [0, 0.05) is 30.8 Å². The molecule has 3 rings (SSSR count). The van der Waals surface area contributed by atoms with Crippen molar-refractivity contribution in [2.45, 2.75) is 19.3 Å². The summed E-state index contributed by atoms with van der Waals surface area (Å²) in [6, 6.07) is 6.14. The van der Waals surface area contributed by atoms with Gasteiger partial charge in [0.1, 0.15) is 5.52 Å². The van der Waals surface area contributed by atoms with Crippen LogP contribution in [0, 0.1) is 5.41 Å². The van der Waals surface area contributed by atoms with E-state index in [0.29, 0.717) is 5.41 Å². The van der Waals surface area contributed by atoms with Crippen LogP contribution >= 0.6 is 0 Å². The molecular weight excluding hydrogens is 226 g/mol. The molecule has 0 amide bonds. The average molecular weight is 245 g/mol. The Balaban J connectivity index is 1.80. The standard InChI is InChI=1S/C14H19N3O/c1-17(9-14(8-15)5-2-6-14)11-3-4-12-13(7-11)18-10-16-12/h3-4,7,10H,2,5-6,8-9,15H2,1H3. The van der Waals surface area contributed by atoms with Crippen molar-refractivity contribution in [2.75, 3.05) is 25.0 Å². The zero-order chi connectivity index (χ0) is 12.6. The molecule has 1 saturated carbocycles. The Morgan fingerprint density at radius 2 is 2.28 bits per heavy atom. The van der Waals surface area contributed by atoms with Gasteiger partial charge < -0.3 is 15.1 Å². The van der Waals surface area contributed by atoms with Crippen LogP contribution in [0.2, 0.25) is 0 Å². The van der Waals surface area contributed by atoms with Crippen LogP contribution in [0.3, 0.4) is 0 Å². The molecule has 0 bridgehead atoms. The van der Waals surface area contributed by atoms with Crippen LogP contribution in [0.15, 0.2) is 29.0 Å². The molecule has 1 fully saturated rings. The lowest BCUT2D eigenvalue weighted by Crippen LogP contribution is -2.46. The van der Waals surface area contributed by atoms with Gasteiger partial charge in [0.05, 0.1) is 0 Å². The minimum absolute atomic E-state index is 0.325. The first kappa shape index (κ1) is 11.5. The predicted octanol–water partition coefficient (Wildman–Crippen LogP) is 2.39. The zero-order valence-corrected chi connectivity index (χ0v) is 10.7. The van der Waals surface area contributed by atoms with E-state index in [2.05, 4.69) is 23.0 Å². The summed E-state index contributed by atoms with van der Waals surface area (Å²) >= 11 is 0. The maximum Gasteiger partial charge on any atom is 0.181 e. The van der Waals surface area contributed by atoms with Crippen LogP contribution in [0.5, 0.6) is 0 Å². The second-order valence-electron chi connectivity index (χ2n) is 5.42. The lowest BCUT2D eigenvalue weighted by atomic mass is 9.68. The Bertz CT molecular complexity index is 539. The minimum atomic E-state index is 0.325. The van der Waals surface area contributed by atoms with Crippen LogP contribution in [-0.2, 0) is 0 Å². The molecule has 1 aromatic carbocycles. The van der Waals surface area contributed by atoms with Crippen molar-refractivity contribution in [2.24, 2.45) is 11.1 Å².